The van der Waals surface area contributed by atoms with Crippen LogP contribution in [0.25, 0.3) is 0 Å². The van der Waals surface area contributed by atoms with E-state index in [1.54, 1.807) is 0 Å². The summed E-state index contributed by atoms with van der Waals surface area (Å²) in [5.74, 6) is 0.897. The molecule has 0 bridgehead atoms. The third-order valence-corrected chi connectivity index (χ3v) is 4.25. The molecule has 0 aliphatic carbocycles. The first-order valence-corrected chi connectivity index (χ1v) is 7.42. The van der Waals surface area contributed by atoms with E-state index in [1.165, 1.54) is 12.8 Å². The zero-order valence-corrected chi connectivity index (χ0v) is 12.3. The van der Waals surface area contributed by atoms with E-state index in [0.29, 0.717) is 18.7 Å². The van der Waals surface area contributed by atoms with E-state index in [2.05, 4.69) is 25.8 Å². The molecule has 0 saturated carbocycles. The van der Waals surface area contributed by atoms with Crippen molar-refractivity contribution in [2.45, 2.75) is 12.8 Å². The number of hydrogen-bond donors (Lipinski definition) is 0. The van der Waals surface area contributed by atoms with E-state index in [1.807, 2.05) is 29.2 Å². The molecule has 1 saturated heterocycles. The van der Waals surface area contributed by atoms with E-state index in [4.69, 9.17) is 0 Å². The fourth-order valence-corrected chi connectivity index (χ4v) is 3.05. The Bertz CT molecular complexity index is 523. The Morgan fingerprint density at radius 1 is 1.16 bits per heavy atom. The van der Waals surface area contributed by atoms with Crippen molar-refractivity contribution in [3.63, 3.8) is 0 Å². The molecule has 19 heavy (non-hydrogen) atoms. The van der Waals surface area contributed by atoms with Crippen LogP contribution in [0.15, 0.2) is 33.7 Å². The predicted octanol–water partition coefficient (Wildman–Crippen LogP) is 2.36. The summed E-state index contributed by atoms with van der Waals surface area (Å²) in [6.45, 7) is 3.42. The minimum absolute atomic E-state index is 0.0376. The smallest absolute Gasteiger partial charge is 0.261 e. The maximum atomic E-state index is 12.6. The van der Waals surface area contributed by atoms with E-state index < -0.39 is 0 Å². The van der Waals surface area contributed by atoms with E-state index >= 15 is 0 Å². The molecule has 0 unspecified atom stereocenters. The molecular formula is C14H16BrN3O. The summed E-state index contributed by atoms with van der Waals surface area (Å²) >= 11 is 3.45. The first-order valence-electron chi connectivity index (χ1n) is 6.63. The third-order valence-electron chi connectivity index (χ3n) is 3.56. The number of carbonyl (C=O) groups excluding carboxylic acids is 1. The zero-order valence-electron chi connectivity index (χ0n) is 10.7. The summed E-state index contributed by atoms with van der Waals surface area (Å²) in [5, 5.41) is 0. The highest BCUT2D eigenvalue weighted by molar-refractivity contribution is 9.10. The van der Waals surface area contributed by atoms with Gasteiger partial charge in [-0.3, -0.25) is 14.7 Å². The number of guanidine groups is 1. The van der Waals surface area contributed by atoms with Gasteiger partial charge in [-0.15, -0.1) is 0 Å². The lowest BCUT2D eigenvalue weighted by atomic mass is 10.2. The van der Waals surface area contributed by atoms with Gasteiger partial charge in [0.15, 0.2) is 0 Å². The van der Waals surface area contributed by atoms with Crippen LogP contribution in [0.5, 0.6) is 0 Å². The van der Waals surface area contributed by atoms with Gasteiger partial charge in [-0.25, -0.2) is 0 Å². The number of aliphatic imine (C=N–C) groups is 1. The molecule has 1 amide bonds. The zero-order chi connectivity index (χ0) is 13.2. The monoisotopic (exact) mass is 321 g/mol. The highest BCUT2D eigenvalue weighted by atomic mass is 79.9. The average molecular weight is 322 g/mol. The number of likely N-dealkylation sites (tertiary alicyclic amines) is 1. The quantitative estimate of drug-likeness (QED) is 0.796. The predicted molar refractivity (Wildman–Crippen MR) is 78.3 cm³/mol. The molecule has 2 aliphatic rings. The molecular weight excluding hydrogens is 306 g/mol. The molecule has 5 heteroatoms. The number of carbonyl (C=O) groups is 1. The highest BCUT2D eigenvalue weighted by Crippen LogP contribution is 2.21. The Kier molecular flexibility index (Phi) is 3.55. The third kappa shape index (κ3) is 2.39. The van der Waals surface area contributed by atoms with E-state index in [0.717, 1.165) is 23.5 Å². The van der Waals surface area contributed by atoms with Crippen molar-refractivity contribution < 1.29 is 4.79 Å². The largest absolute Gasteiger partial charge is 0.342 e. The molecule has 1 aromatic carbocycles. The SMILES string of the molecule is O=C(c1ccccc1Br)N1CCN=C1N1CCCC1. The maximum absolute atomic E-state index is 12.6. The van der Waals surface area contributed by atoms with Crippen molar-refractivity contribution in [1.82, 2.24) is 9.80 Å². The molecule has 0 atom stereocenters. The summed E-state index contributed by atoms with van der Waals surface area (Å²) in [4.78, 5) is 21.2. The summed E-state index contributed by atoms with van der Waals surface area (Å²) < 4.78 is 0.840. The highest BCUT2D eigenvalue weighted by Gasteiger charge is 2.30. The molecule has 4 nitrogen and oxygen atoms in total. The minimum Gasteiger partial charge on any atom is -0.342 e. The van der Waals surface area contributed by atoms with Gasteiger partial charge in [0.2, 0.25) is 5.96 Å². The van der Waals surface area contributed by atoms with Gasteiger partial charge >= 0.3 is 0 Å². The Labute approximate surface area is 121 Å². The van der Waals surface area contributed by atoms with Gasteiger partial charge in [0.1, 0.15) is 0 Å². The summed E-state index contributed by atoms with van der Waals surface area (Å²) in [6.07, 6.45) is 2.38. The van der Waals surface area contributed by atoms with Crippen molar-refractivity contribution in [2.75, 3.05) is 26.2 Å². The molecule has 1 aromatic rings. The normalized spacial score (nSPS) is 18.9. The molecule has 100 valence electrons. The standard InChI is InChI=1S/C14H16BrN3O/c15-12-6-2-1-5-11(12)13(19)18-10-7-16-14(18)17-8-3-4-9-17/h1-2,5-6H,3-4,7-10H2. The van der Waals surface area contributed by atoms with E-state index in [-0.39, 0.29) is 5.91 Å². The van der Waals surface area contributed by atoms with Crippen LogP contribution in [0.1, 0.15) is 23.2 Å². The lowest BCUT2D eigenvalue weighted by molar-refractivity contribution is 0.0845. The summed E-state index contributed by atoms with van der Waals surface area (Å²) in [6, 6.07) is 7.56. The summed E-state index contributed by atoms with van der Waals surface area (Å²) in [7, 11) is 0. The first kappa shape index (κ1) is 12.7. The van der Waals surface area contributed by atoms with Crippen molar-refractivity contribution in [3.05, 3.63) is 34.3 Å². The van der Waals surface area contributed by atoms with Crippen molar-refractivity contribution in [2.24, 2.45) is 4.99 Å². The molecule has 0 aromatic heterocycles. The summed E-state index contributed by atoms with van der Waals surface area (Å²) in [5.41, 5.74) is 0.705. The fraction of sp³-hybridized carbons (Fsp3) is 0.429. The Hall–Kier alpha value is -1.36. The molecule has 0 radical (unpaired) electrons. The molecule has 0 N–H and O–H groups in total. The van der Waals surface area contributed by atoms with Crippen LogP contribution < -0.4 is 0 Å². The number of hydrogen-bond acceptors (Lipinski definition) is 3. The lowest BCUT2D eigenvalue weighted by Crippen LogP contribution is -2.43. The number of benzene rings is 1. The van der Waals surface area contributed by atoms with Crippen LogP contribution in [-0.2, 0) is 0 Å². The van der Waals surface area contributed by atoms with Crippen LogP contribution in [0, 0.1) is 0 Å². The van der Waals surface area contributed by atoms with Gasteiger partial charge < -0.3 is 4.90 Å². The van der Waals surface area contributed by atoms with Crippen LogP contribution >= 0.6 is 15.9 Å². The van der Waals surface area contributed by atoms with Crippen molar-refractivity contribution >= 4 is 27.8 Å². The average Bonchev–Trinajstić information content (AvgIpc) is 3.09. The van der Waals surface area contributed by atoms with Gasteiger partial charge in [0, 0.05) is 24.1 Å². The van der Waals surface area contributed by atoms with Gasteiger partial charge in [0.25, 0.3) is 5.91 Å². The van der Waals surface area contributed by atoms with E-state index in [9.17, 15) is 4.79 Å². The second-order valence-electron chi connectivity index (χ2n) is 4.81. The van der Waals surface area contributed by atoms with Crippen molar-refractivity contribution in [1.29, 1.82) is 0 Å². The van der Waals surface area contributed by atoms with Crippen LogP contribution in [-0.4, -0.2) is 47.8 Å². The molecule has 2 heterocycles. The Balaban J connectivity index is 1.84. The van der Waals surface area contributed by atoms with Gasteiger partial charge in [-0.2, -0.15) is 0 Å². The number of rotatable bonds is 1. The second-order valence-corrected chi connectivity index (χ2v) is 5.67. The first-order chi connectivity index (χ1) is 9.27. The molecule has 0 spiro atoms. The van der Waals surface area contributed by atoms with Crippen LogP contribution in [0.3, 0.4) is 0 Å². The maximum Gasteiger partial charge on any atom is 0.261 e. The molecule has 1 fully saturated rings. The van der Waals surface area contributed by atoms with Gasteiger partial charge in [0.05, 0.1) is 12.1 Å². The second kappa shape index (κ2) is 5.33. The number of amides is 1. The van der Waals surface area contributed by atoms with Crippen molar-refractivity contribution in [3.8, 4) is 0 Å². The lowest BCUT2D eigenvalue weighted by Gasteiger charge is -2.26. The molecule has 2 aliphatic heterocycles. The van der Waals surface area contributed by atoms with Gasteiger partial charge in [-0.1, -0.05) is 12.1 Å². The van der Waals surface area contributed by atoms with Crippen LogP contribution in [0.4, 0.5) is 0 Å². The molecule has 3 rings (SSSR count). The minimum atomic E-state index is 0.0376. The van der Waals surface area contributed by atoms with Crippen LogP contribution in [0.2, 0.25) is 0 Å². The number of halogens is 1. The Morgan fingerprint density at radius 3 is 2.63 bits per heavy atom. The fourth-order valence-electron chi connectivity index (χ4n) is 2.60. The Morgan fingerprint density at radius 2 is 1.89 bits per heavy atom. The topological polar surface area (TPSA) is 35.9 Å². The van der Waals surface area contributed by atoms with Gasteiger partial charge in [-0.05, 0) is 40.9 Å². The number of nitrogens with zero attached hydrogens (tertiary/aromatic N) is 3.